The van der Waals surface area contributed by atoms with E-state index in [0.29, 0.717) is 34.4 Å². The highest BCUT2D eigenvalue weighted by molar-refractivity contribution is 6.35. The number of nitrogens with one attached hydrogen (secondary N) is 2. The average Bonchev–Trinajstić information content (AvgIpc) is 2.49. The number of halogens is 2. The zero-order chi connectivity index (χ0) is 15.2. The first-order chi connectivity index (χ1) is 10.1. The monoisotopic (exact) mass is 324 g/mol. The molecule has 1 heterocycles. The number of pyridine rings is 1. The molecule has 1 aromatic heterocycles. The van der Waals surface area contributed by atoms with Gasteiger partial charge in [-0.3, -0.25) is 10.6 Å². The Morgan fingerprint density at radius 2 is 2.05 bits per heavy atom. The van der Waals surface area contributed by atoms with E-state index in [-0.39, 0.29) is 5.91 Å². The summed E-state index contributed by atoms with van der Waals surface area (Å²) in [5.74, 6) is 4.99. The third kappa shape index (κ3) is 4.32. The lowest BCUT2D eigenvalue weighted by molar-refractivity contribution is 0.0949. The van der Waals surface area contributed by atoms with Crippen LogP contribution in [0.4, 0.5) is 5.69 Å². The quantitative estimate of drug-likeness (QED) is 0.583. The van der Waals surface area contributed by atoms with Gasteiger partial charge in [0.15, 0.2) is 0 Å². The number of hydrazine groups is 1. The maximum absolute atomic E-state index is 11.9. The maximum Gasteiger partial charge on any atom is 0.269 e. The first kappa shape index (κ1) is 15.6. The van der Waals surface area contributed by atoms with Gasteiger partial charge in [-0.15, -0.1) is 0 Å². The molecule has 0 aliphatic rings. The number of nitrogens with zero attached hydrogens (tertiary/aromatic N) is 1. The fraction of sp³-hybridized carbons (Fsp3) is 0.143. The predicted octanol–water partition coefficient (Wildman–Crippen LogP) is 2.65. The lowest BCUT2D eigenvalue weighted by Crippen LogP contribution is -2.26. The lowest BCUT2D eigenvalue weighted by atomic mass is 10.1. The summed E-state index contributed by atoms with van der Waals surface area (Å²) >= 11 is 11.9. The van der Waals surface area contributed by atoms with Crippen molar-refractivity contribution in [1.29, 1.82) is 0 Å². The minimum Gasteiger partial charge on any atom is -0.350 e. The van der Waals surface area contributed by atoms with Gasteiger partial charge in [0.2, 0.25) is 0 Å². The van der Waals surface area contributed by atoms with Crippen LogP contribution in [-0.2, 0) is 6.42 Å². The van der Waals surface area contributed by atoms with Gasteiger partial charge >= 0.3 is 0 Å². The number of carbonyl (C=O) groups excluding carboxylic acids is 1. The molecule has 2 rings (SSSR count). The van der Waals surface area contributed by atoms with Gasteiger partial charge in [-0.25, -0.2) is 4.98 Å². The highest BCUT2D eigenvalue weighted by Crippen LogP contribution is 2.21. The van der Waals surface area contributed by atoms with Gasteiger partial charge in [0, 0.05) is 16.6 Å². The number of carbonyl (C=O) groups is 1. The Labute approximate surface area is 132 Å². The summed E-state index contributed by atoms with van der Waals surface area (Å²) in [4.78, 5) is 15.9. The number of rotatable bonds is 5. The normalized spacial score (nSPS) is 10.2. The molecular formula is C14H14Cl2N4O. The van der Waals surface area contributed by atoms with Crippen molar-refractivity contribution in [1.82, 2.24) is 10.3 Å². The summed E-state index contributed by atoms with van der Waals surface area (Å²) in [6.07, 6.45) is 2.11. The molecule has 0 saturated heterocycles. The molecule has 110 valence electrons. The SMILES string of the molecule is NNc1ccc(C(=O)NCCc2ccc(Cl)cc2Cl)nc1. The molecule has 0 unspecified atom stereocenters. The molecule has 7 heteroatoms. The zero-order valence-electron chi connectivity index (χ0n) is 11.1. The molecule has 21 heavy (non-hydrogen) atoms. The first-order valence-corrected chi connectivity index (χ1v) is 7.00. The molecule has 0 atom stereocenters. The van der Waals surface area contributed by atoms with Crippen LogP contribution < -0.4 is 16.6 Å². The van der Waals surface area contributed by atoms with Crippen LogP contribution in [0.15, 0.2) is 36.5 Å². The fourth-order valence-corrected chi connectivity index (χ4v) is 2.24. The van der Waals surface area contributed by atoms with Gasteiger partial charge in [0.05, 0.1) is 11.9 Å². The number of nitrogen functional groups attached to an aromatic ring is 1. The van der Waals surface area contributed by atoms with Gasteiger partial charge in [-0.05, 0) is 36.2 Å². The minimum absolute atomic E-state index is 0.247. The van der Waals surface area contributed by atoms with Gasteiger partial charge < -0.3 is 10.7 Å². The third-order valence-corrected chi connectivity index (χ3v) is 3.44. The van der Waals surface area contributed by atoms with Gasteiger partial charge in [-0.2, -0.15) is 0 Å². The number of anilines is 1. The molecule has 1 amide bonds. The second-order valence-corrected chi connectivity index (χ2v) is 5.16. The Bertz CT molecular complexity index is 631. The van der Waals surface area contributed by atoms with Crippen LogP contribution >= 0.6 is 23.2 Å². The Morgan fingerprint density at radius 1 is 1.24 bits per heavy atom. The number of amides is 1. The van der Waals surface area contributed by atoms with Crippen molar-refractivity contribution in [3.8, 4) is 0 Å². The second-order valence-electron chi connectivity index (χ2n) is 4.32. The van der Waals surface area contributed by atoms with Crippen molar-refractivity contribution < 1.29 is 4.79 Å². The van der Waals surface area contributed by atoms with Crippen molar-refractivity contribution in [3.63, 3.8) is 0 Å². The zero-order valence-corrected chi connectivity index (χ0v) is 12.6. The Kier molecular flexibility index (Phi) is 5.38. The van der Waals surface area contributed by atoms with E-state index in [0.717, 1.165) is 5.56 Å². The molecule has 0 radical (unpaired) electrons. The number of hydrogen-bond donors (Lipinski definition) is 3. The standard InChI is InChI=1S/C14H14Cl2N4O/c15-10-2-1-9(12(16)7-10)5-6-18-14(21)13-4-3-11(20-17)8-19-13/h1-4,7-8,20H,5-6,17H2,(H,18,21). The topological polar surface area (TPSA) is 80.0 Å². The lowest BCUT2D eigenvalue weighted by Gasteiger charge is -2.07. The van der Waals surface area contributed by atoms with E-state index in [1.807, 2.05) is 6.07 Å². The number of aromatic nitrogens is 1. The summed E-state index contributed by atoms with van der Waals surface area (Å²) in [6.45, 7) is 0.457. The number of nitrogens with two attached hydrogens (primary N) is 1. The van der Waals surface area contributed by atoms with Crippen molar-refractivity contribution in [3.05, 3.63) is 57.8 Å². The van der Waals surface area contributed by atoms with Crippen LogP contribution in [0, 0.1) is 0 Å². The molecular weight excluding hydrogens is 311 g/mol. The minimum atomic E-state index is -0.247. The Hall–Kier alpha value is -1.82. The van der Waals surface area contributed by atoms with Gasteiger partial charge in [0.1, 0.15) is 5.69 Å². The molecule has 0 saturated carbocycles. The maximum atomic E-state index is 11.9. The molecule has 0 aliphatic heterocycles. The van der Waals surface area contributed by atoms with Crippen molar-refractivity contribution in [2.24, 2.45) is 5.84 Å². The van der Waals surface area contributed by atoms with E-state index in [4.69, 9.17) is 29.0 Å². The summed E-state index contributed by atoms with van der Waals surface area (Å²) in [6, 6.07) is 8.57. The molecule has 4 N–H and O–H groups in total. The fourth-order valence-electron chi connectivity index (χ4n) is 1.74. The predicted molar refractivity (Wildman–Crippen MR) is 84.5 cm³/mol. The summed E-state index contributed by atoms with van der Waals surface area (Å²) < 4.78 is 0. The first-order valence-electron chi connectivity index (χ1n) is 6.25. The highest BCUT2D eigenvalue weighted by Gasteiger charge is 2.07. The molecule has 0 bridgehead atoms. The van der Waals surface area contributed by atoms with E-state index >= 15 is 0 Å². The summed E-state index contributed by atoms with van der Waals surface area (Å²) in [5, 5.41) is 3.96. The van der Waals surface area contributed by atoms with E-state index in [1.165, 1.54) is 6.20 Å². The van der Waals surface area contributed by atoms with Gasteiger partial charge in [0.25, 0.3) is 5.91 Å². The molecule has 0 fully saturated rings. The van der Waals surface area contributed by atoms with Gasteiger partial charge in [-0.1, -0.05) is 29.3 Å². The Balaban J connectivity index is 1.88. The van der Waals surface area contributed by atoms with E-state index in [2.05, 4.69) is 15.7 Å². The van der Waals surface area contributed by atoms with E-state index in [9.17, 15) is 4.79 Å². The molecule has 0 spiro atoms. The van der Waals surface area contributed by atoms with Crippen LogP contribution in [0.2, 0.25) is 10.0 Å². The molecule has 2 aromatic rings. The largest absolute Gasteiger partial charge is 0.350 e. The van der Waals surface area contributed by atoms with E-state index in [1.54, 1.807) is 24.3 Å². The average molecular weight is 325 g/mol. The second kappa shape index (κ2) is 7.26. The van der Waals surface area contributed by atoms with Crippen molar-refractivity contribution in [2.75, 3.05) is 12.0 Å². The summed E-state index contributed by atoms with van der Waals surface area (Å²) in [5.41, 5.74) is 4.34. The number of benzene rings is 1. The number of hydrogen-bond acceptors (Lipinski definition) is 4. The van der Waals surface area contributed by atoms with Crippen LogP contribution in [0.25, 0.3) is 0 Å². The molecule has 0 aliphatic carbocycles. The summed E-state index contributed by atoms with van der Waals surface area (Å²) in [7, 11) is 0. The van der Waals surface area contributed by atoms with Crippen LogP contribution in [0.3, 0.4) is 0 Å². The molecule has 5 nitrogen and oxygen atoms in total. The smallest absolute Gasteiger partial charge is 0.269 e. The van der Waals surface area contributed by atoms with Crippen LogP contribution in [0.1, 0.15) is 16.1 Å². The molecule has 1 aromatic carbocycles. The van der Waals surface area contributed by atoms with E-state index < -0.39 is 0 Å². The Morgan fingerprint density at radius 3 is 2.67 bits per heavy atom. The van der Waals surface area contributed by atoms with Crippen LogP contribution in [0.5, 0.6) is 0 Å². The highest BCUT2D eigenvalue weighted by atomic mass is 35.5. The third-order valence-electron chi connectivity index (χ3n) is 2.86. The van der Waals surface area contributed by atoms with Crippen LogP contribution in [-0.4, -0.2) is 17.4 Å². The van der Waals surface area contributed by atoms with Crippen molar-refractivity contribution in [2.45, 2.75) is 6.42 Å². The van der Waals surface area contributed by atoms with Crippen molar-refractivity contribution >= 4 is 34.8 Å².